The summed E-state index contributed by atoms with van der Waals surface area (Å²) in [5.74, 6) is 0.291. The van der Waals surface area contributed by atoms with E-state index >= 15 is 0 Å². The van der Waals surface area contributed by atoms with Crippen molar-refractivity contribution in [2.75, 3.05) is 20.3 Å². The molecule has 2 aromatic carbocycles. The normalized spacial score (nSPS) is 14.5. The summed E-state index contributed by atoms with van der Waals surface area (Å²) in [5, 5.41) is 9.21. The van der Waals surface area contributed by atoms with Gasteiger partial charge in [0.15, 0.2) is 0 Å². The van der Waals surface area contributed by atoms with Gasteiger partial charge in [-0.2, -0.15) is 0 Å². The minimum Gasteiger partial charge on any atom is -0.497 e. The summed E-state index contributed by atoms with van der Waals surface area (Å²) < 4.78 is 10.8. The Morgan fingerprint density at radius 3 is 2.31 bits per heavy atom. The van der Waals surface area contributed by atoms with Crippen molar-refractivity contribution >= 4 is 5.97 Å². The van der Waals surface area contributed by atoms with E-state index in [1.165, 1.54) is 5.56 Å². The number of pyridine rings is 1. The first-order chi connectivity index (χ1) is 14.2. The Morgan fingerprint density at radius 1 is 1.03 bits per heavy atom. The van der Waals surface area contributed by atoms with Crippen LogP contribution in [-0.2, 0) is 4.74 Å². The lowest BCUT2D eigenvalue weighted by molar-refractivity contribution is 0.0697. The van der Waals surface area contributed by atoms with E-state index in [9.17, 15) is 9.90 Å². The van der Waals surface area contributed by atoms with Gasteiger partial charge in [0.05, 0.1) is 18.4 Å². The Kier molecular flexibility index (Phi) is 5.58. The van der Waals surface area contributed by atoms with Crippen molar-refractivity contribution in [3.05, 3.63) is 71.9 Å². The van der Waals surface area contributed by atoms with E-state index in [0.717, 1.165) is 54.2 Å². The molecule has 0 spiro atoms. The van der Waals surface area contributed by atoms with E-state index in [1.54, 1.807) is 19.2 Å². The number of carboxylic acids is 1. The van der Waals surface area contributed by atoms with E-state index in [-0.39, 0.29) is 5.56 Å². The lowest BCUT2D eigenvalue weighted by atomic mass is 9.89. The molecule has 5 heteroatoms. The van der Waals surface area contributed by atoms with Crippen molar-refractivity contribution in [1.82, 2.24) is 4.98 Å². The van der Waals surface area contributed by atoms with Crippen LogP contribution in [0.15, 0.2) is 60.8 Å². The monoisotopic (exact) mass is 389 g/mol. The van der Waals surface area contributed by atoms with Crippen molar-refractivity contribution < 1.29 is 19.4 Å². The van der Waals surface area contributed by atoms with Crippen LogP contribution in [0, 0.1) is 0 Å². The second-order valence-electron chi connectivity index (χ2n) is 7.16. The number of nitrogens with zero attached hydrogens (tertiary/aromatic N) is 1. The van der Waals surface area contributed by atoms with Crippen LogP contribution in [0.4, 0.5) is 0 Å². The predicted octanol–water partition coefficient (Wildman–Crippen LogP) is 5.02. The fourth-order valence-electron chi connectivity index (χ4n) is 3.73. The van der Waals surface area contributed by atoms with Gasteiger partial charge in [0, 0.05) is 30.5 Å². The molecule has 1 saturated heterocycles. The topological polar surface area (TPSA) is 68.7 Å². The molecule has 4 rings (SSSR count). The number of hydrogen-bond acceptors (Lipinski definition) is 4. The van der Waals surface area contributed by atoms with Crippen molar-refractivity contribution in [1.29, 1.82) is 0 Å². The van der Waals surface area contributed by atoms with E-state index < -0.39 is 5.97 Å². The zero-order valence-electron chi connectivity index (χ0n) is 16.3. The minimum absolute atomic E-state index is 0.272. The van der Waals surface area contributed by atoms with Crippen molar-refractivity contribution in [2.24, 2.45) is 0 Å². The summed E-state index contributed by atoms with van der Waals surface area (Å²) in [5.41, 5.74) is 5.27. The number of carboxylic acid groups (broad SMARTS) is 1. The number of ether oxygens (including phenoxy) is 2. The van der Waals surface area contributed by atoms with Crippen LogP contribution in [0.3, 0.4) is 0 Å². The molecular weight excluding hydrogens is 366 g/mol. The Morgan fingerprint density at radius 2 is 1.69 bits per heavy atom. The maximum Gasteiger partial charge on any atom is 0.335 e. The number of rotatable bonds is 5. The SMILES string of the molecule is COc1ccc(-c2ncc(C3CCOCC3)cc2-c2ccc(C(=O)O)cc2)cc1. The second-order valence-corrected chi connectivity index (χ2v) is 7.16. The molecular formula is C24H23NO4. The summed E-state index contributed by atoms with van der Waals surface area (Å²) >= 11 is 0. The highest BCUT2D eigenvalue weighted by atomic mass is 16.5. The van der Waals surface area contributed by atoms with E-state index in [0.29, 0.717) is 5.92 Å². The van der Waals surface area contributed by atoms with Gasteiger partial charge in [0.2, 0.25) is 0 Å². The highest BCUT2D eigenvalue weighted by molar-refractivity contribution is 5.89. The third-order valence-electron chi connectivity index (χ3n) is 5.41. The minimum atomic E-state index is -0.930. The average molecular weight is 389 g/mol. The molecule has 3 aromatic rings. The summed E-state index contributed by atoms with van der Waals surface area (Å²) in [6, 6.07) is 17.0. The van der Waals surface area contributed by atoms with Crippen molar-refractivity contribution in [2.45, 2.75) is 18.8 Å². The number of benzene rings is 2. The van der Waals surface area contributed by atoms with E-state index in [2.05, 4.69) is 6.07 Å². The smallest absolute Gasteiger partial charge is 0.335 e. The van der Waals surface area contributed by atoms with Gasteiger partial charge in [-0.1, -0.05) is 12.1 Å². The maximum absolute atomic E-state index is 11.2. The van der Waals surface area contributed by atoms with Gasteiger partial charge in [-0.15, -0.1) is 0 Å². The van der Waals surface area contributed by atoms with Crippen LogP contribution in [-0.4, -0.2) is 36.4 Å². The number of aromatic nitrogens is 1. The van der Waals surface area contributed by atoms with E-state index in [4.69, 9.17) is 14.5 Å². The van der Waals surface area contributed by atoms with Gasteiger partial charge in [-0.05, 0) is 72.4 Å². The van der Waals surface area contributed by atoms with Gasteiger partial charge >= 0.3 is 5.97 Å². The second kappa shape index (κ2) is 8.45. The summed E-state index contributed by atoms with van der Waals surface area (Å²) in [6.07, 6.45) is 3.94. The Labute approximate surface area is 169 Å². The molecule has 0 amide bonds. The summed E-state index contributed by atoms with van der Waals surface area (Å²) in [6.45, 7) is 1.54. The first-order valence-corrected chi connectivity index (χ1v) is 9.71. The lowest BCUT2D eigenvalue weighted by Gasteiger charge is -2.23. The average Bonchev–Trinajstić information content (AvgIpc) is 2.79. The first-order valence-electron chi connectivity index (χ1n) is 9.71. The number of methoxy groups -OCH3 is 1. The molecule has 1 N–H and O–H groups in total. The van der Waals surface area contributed by atoms with Crippen LogP contribution in [0.25, 0.3) is 22.4 Å². The Bertz CT molecular complexity index is 990. The zero-order valence-corrected chi connectivity index (χ0v) is 16.3. The van der Waals surface area contributed by atoms with Crippen LogP contribution >= 0.6 is 0 Å². The fraction of sp³-hybridized carbons (Fsp3) is 0.250. The van der Waals surface area contributed by atoms with Crippen molar-refractivity contribution in [3.63, 3.8) is 0 Å². The molecule has 0 atom stereocenters. The molecule has 0 radical (unpaired) electrons. The molecule has 148 valence electrons. The predicted molar refractivity (Wildman–Crippen MR) is 111 cm³/mol. The summed E-state index contributed by atoms with van der Waals surface area (Å²) in [4.78, 5) is 16.0. The zero-order chi connectivity index (χ0) is 20.2. The molecule has 1 aromatic heterocycles. The van der Waals surface area contributed by atoms with Crippen LogP contribution in [0.2, 0.25) is 0 Å². The number of carbonyl (C=O) groups is 1. The van der Waals surface area contributed by atoms with Crippen LogP contribution in [0.5, 0.6) is 5.75 Å². The van der Waals surface area contributed by atoms with Gasteiger partial charge in [-0.3, -0.25) is 4.98 Å². The van der Waals surface area contributed by atoms with Gasteiger partial charge < -0.3 is 14.6 Å². The highest BCUT2D eigenvalue weighted by Gasteiger charge is 2.19. The van der Waals surface area contributed by atoms with E-state index in [1.807, 2.05) is 42.6 Å². The quantitative estimate of drug-likeness (QED) is 0.664. The van der Waals surface area contributed by atoms with Crippen molar-refractivity contribution in [3.8, 4) is 28.1 Å². The standard InChI is InChI=1S/C24H23NO4/c1-28-21-8-6-18(7-9-21)23-22(17-2-4-19(5-3-17)24(26)27)14-20(15-25-23)16-10-12-29-13-11-16/h2-9,14-16H,10-13H2,1H3,(H,26,27). The van der Waals surface area contributed by atoms with Gasteiger partial charge in [0.1, 0.15) is 5.75 Å². The molecule has 0 unspecified atom stereocenters. The molecule has 0 aliphatic carbocycles. The Balaban J connectivity index is 1.79. The molecule has 0 bridgehead atoms. The lowest BCUT2D eigenvalue weighted by Crippen LogP contribution is -2.14. The maximum atomic E-state index is 11.2. The molecule has 1 aliphatic rings. The molecule has 1 aliphatic heterocycles. The number of hydrogen-bond donors (Lipinski definition) is 1. The molecule has 0 saturated carbocycles. The molecule has 5 nitrogen and oxygen atoms in total. The third-order valence-corrected chi connectivity index (χ3v) is 5.41. The number of aromatic carboxylic acids is 1. The van der Waals surface area contributed by atoms with Crippen LogP contribution < -0.4 is 4.74 Å². The van der Waals surface area contributed by atoms with Gasteiger partial charge in [0.25, 0.3) is 0 Å². The third kappa shape index (κ3) is 4.15. The fourth-order valence-corrected chi connectivity index (χ4v) is 3.73. The molecule has 2 heterocycles. The first kappa shape index (κ1) is 19.2. The molecule has 29 heavy (non-hydrogen) atoms. The van der Waals surface area contributed by atoms with Crippen LogP contribution in [0.1, 0.15) is 34.7 Å². The highest BCUT2D eigenvalue weighted by Crippen LogP contribution is 2.35. The summed E-state index contributed by atoms with van der Waals surface area (Å²) in [7, 11) is 1.64. The Hall–Kier alpha value is -3.18. The van der Waals surface area contributed by atoms with Gasteiger partial charge in [-0.25, -0.2) is 4.79 Å². The largest absolute Gasteiger partial charge is 0.497 e. The molecule has 1 fully saturated rings.